The van der Waals surface area contributed by atoms with Crippen molar-refractivity contribution in [3.05, 3.63) is 89.5 Å². The summed E-state index contributed by atoms with van der Waals surface area (Å²) in [6.07, 6.45) is 5.12. The summed E-state index contributed by atoms with van der Waals surface area (Å²) in [5.74, 6) is -0.104. The van der Waals surface area contributed by atoms with Gasteiger partial charge in [-0.3, -0.25) is 13.9 Å². The maximum absolute atomic E-state index is 14.2. The number of nitrogens with one attached hydrogen (secondary N) is 1. The van der Waals surface area contributed by atoms with Crippen molar-refractivity contribution >= 4 is 27.5 Å². The van der Waals surface area contributed by atoms with E-state index in [0.717, 1.165) is 47.5 Å². The Labute approximate surface area is 249 Å². The molecule has 0 radical (unpaired) electrons. The zero-order chi connectivity index (χ0) is 30.3. The number of amides is 2. The van der Waals surface area contributed by atoms with Crippen LogP contribution >= 0.6 is 0 Å². The first-order valence-electron chi connectivity index (χ1n) is 14.5. The van der Waals surface area contributed by atoms with Crippen LogP contribution in [0.5, 0.6) is 5.75 Å². The molecule has 0 heterocycles. The highest BCUT2D eigenvalue weighted by atomic mass is 32.2. The molecule has 0 saturated heterocycles. The number of benzene rings is 3. The Bertz CT molecular complexity index is 1480. The monoisotopic (exact) mass is 591 g/mol. The SMILES string of the molecule is COc1cccc(CN(C(=O)CN(c2ccccc2C)S(=O)(=O)c2ccc(C)cc2)C(C)C(=O)NC2CCCCC2)c1. The van der Waals surface area contributed by atoms with Gasteiger partial charge in [0.15, 0.2) is 0 Å². The third-order valence-electron chi connectivity index (χ3n) is 7.88. The Kier molecular flexibility index (Phi) is 10.3. The molecule has 0 aliphatic heterocycles. The Balaban J connectivity index is 1.69. The van der Waals surface area contributed by atoms with Gasteiger partial charge in [-0.25, -0.2) is 8.42 Å². The molecule has 3 aromatic carbocycles. The van der Waals surface area contributed by atoms with E-state index in [0.29, 0.717) is 17.0 Å². The average Bonchev–Trinajstić information content (AvgIpc) is 2.99. The van der Waals surface area contributed by atoms with Crippen LogP contribution in [0.3, 0.4) is 0 Å². The third-order valence-corrected chi connectivity index (χ3v) is 9.65. The second-order valence-corrected chi connectivity index (χ2v) is 12.9. The summed E-state index contributed by atoms with van der Waals surface area (Å²) >= 11 is 0. The topological polar surface area (TPSA) is 96.0 Å². The third kappa shape index (κ3) is 7.50. The van der Waals surface area contributed by atoms with Crippen LogP contribution in [0.4, 0.5) is 5.69 Å². The molecule has 0 aromatic heterocycles. The van der Waals surface area contributed by atoms with E-state index in [1.165, 1.54) is 4.90 Å². The number of para-hydroxylation sites is 1. The summed E-state index contributed by atoms with van der Waals surface area (Å²) < 4.78 is 34.6. The molecule has 1 N–H and O–H groups in total. The Morgan fingerprint density at radius 2 is 1.64 bits per heavy atom. The van der Waals surface area contributed by atoms with Crippen molar-refractivity contribution < 1.29 is 22.7 Å². The van der Waals surface area contributed by atoms with Gasteiger partial charge in [0.2, 0.25) is 11.8 Å². The van der Waals surface area contributed by atoms with E-state index in [1.807, 2.05) is 50.2 Å². The number of methoxy groups -OCH3 is 1. The van der Waals surface area contributed by atoms with E-state index in [2.05, 4.69) is 5.32 Å². The van der Waals surface area contributed by atoms with Crippen LogP contribution in [0.2, 0.25) is 0 Å². The molecule has 1 aliphatic carbocycles. The molecular formula is C33H41N3O5S. The molecular weight excluding hydrogens is 550 g/mol. The van der Waals surface area contributed by atoms with E-state index in [-0.39, 0.29) is 23.4 Å². The Morgan fingerprint density at radius 3 is 2.31 bits per heavy atom. The number of aryl methyl sites for hydroxylation is 2. The minimum Gasteiger partial charge on any atom is -0.497 e. The van der Waals surface area contributed by atoms with Gasteiger partial charge in [0.05, 0.1) is 17.7 Å². The maximum Gasteiger partial charge on any atom is 0.264 e. The largest absolute Gasteiger partial charge is 0.497 e. The number of carbonyl (C=O) groups excluding carboxylic acids is 2. The first-order chi connectivity index (χ1) is 20.1. The molecule has 1 fully saturated rings. The maximum atomic E-state index is 14.2. The standard InChI is InChI=1S/C33H41N3O5S/c1-24-17-19-30(20-18-24)42(39,40)36(31-16-9-8-11-25(31)2)23-32(37)35(22-27-12-10-15-29(21-27)41-4)26(3)33(38)34-28-13-6-5-7-14-28/h8-12,15-21,26,28H,5-7,13-14,22-23H2,1-4H3,(H,34,38). The number of rotatable bonds is 11. The predicted molar refractivity (Wildman–Crippen MR) is 165 cm³/mol. The van der Waals surface area contributed by atoms with E-state index in [4.69, 9.17) is 4.74 Å². The van der Waals surface area contributed by atoms with Crippen molar-refractivity contribution in [3.63, 3.8) is 0 Å². The van der Waals surface area contributed by atoms with E-state index < -0.39 is 28.5 Å². The normalized spacial score (nSPS) is 14.6. The quantitative estimate of drug-likeness (QED) is 0.323. The zero-order valence-electron chi connectivity index (χ0n) is 24.9. The van der Waals surface area contributed by atoms with Crippen molar-refractivity contribution in [2.45, 2.75) is 76.4 Å². The molecule has 8 nitrogen and oxygen atoms in total. The lowest BCUT2D eigenvalue weighted by atomic mass is 9.95. The molecule has 4 rings (SSSR count). The van der Waals surface area contributed by atoms with Crippen LogP contribution in [-0.4, -0.2) is 50.9 Å². The minimum atomic E-state index is -4.11. The van der Waals surface area contributed by atoms with E-state index in [1.54, 1.807) is 50.4 Å². The molecule has 224 valence electrons. The molecule has 0 spiro atoms. The molecule has 1 aliphatic rings. The number of anilines is 1. The fraction of sp³-hybridized carbons (Fsp3) is 0.394. The summed E-state index contributed by atoms with van der Waals surface area (Å²) in [6, 6.07) is 20.2. The van der Waals surface area contributed by atoms with Crippen LogP contribution < -0.4 is 14.4 Å². The van der Waals surface area contributed by atoms with Crippen molar-refractivity contribution in [1.82, 2.24) is 10.2 Å². The van der Waals surface area contributed by atoms with Gasteiger partial charge in [-0.05, 0) is 75.1 Å². The van der Waals surface area contributed by atoms with Crippen LogP contribution in [0, 0.1) is 13.8 Å². The highest BCUT2D eigenvalue weighted by Crippen LogP contribution is 2.28. The number of hydrogen-bond donors (Lipinski definition) is 1. The minimum absolute atomic E-state index is 0.0767. The number of hydrogen-bond acceptors (Lipinski definition) is 5. The lowest BCUT2D eigenvalue weighted by Gasteiger charge is -2.33. The lowest BCUT2D eigenvalue weighted by molar-refractivity contribution is -0.139. The highest BCUT2D eigenvalue weighted by molar-refractivity contribution is 7.92. The van der Waals surface area contributed by atoms with Crippen LogP contribution in [-0.2, 0) is 26.2 Å². The second kappa shape index (κ2) is 13.9. The number of ether oxygens (including phenoxy) is 1. The summed E-state index contributed by atoms with van der Waals surface area (Å²) in [4.78, 5) is 29.2. The van der Waals surface area contributed by atoms with Gasteiger partial charge in [0, 0.05) is 12.6 Å². The molecule has 1 unspecified atom stereocenters. The van der Waals surface area contributed by atoms with Crippen molar-refractivity contribution in [2.24, 2.45) is 0 Å². The van der Waals surface area contributed by atoms with Gasteiger partial charge in [-0.2, -0.15) is 0 Å². The Hall–Kier alpha value is -3.85. The van der Waals surface area contributed by atoms with Gasteiger partial charge in [-0.15, -0.1) is 0 Å². The molecule has 9 heteroatoms. The molecule has 42 heavy (non-hydrogen) atoms. The van der Waals surface area contributed by atoms with Crippen molar-refractivity contribution in [3.8, 4) is 5.75 Å². The number of carbonyl (C=O) groups is 2. The molecule has 0 bridgehead atoms. The molecule has 3 aromatic rings. The summed E-state index contributed by atoms with van der Waals surface area (Å²) in [7, 11) is -2.54. The van der Waals surface area contributed by atoms with E-state index >= 15 is 0 Å². The fourth-order valence-corrected chi connectivity index (χ4v) is 6.79. The van der Waals surface area contributed by atoms with Crippen LogP contribution in [0.15, 0.2) is 77.7 Å². The highest BCUT2D eigenvalue weighted by Gasteiger charge is 2.33. The first kappa shape index (κ1) is 31.1. The predicted octanol–water partition coefficient (Wildman–Crippen LogP) is 5.37. The Morgan fingerprint density at radius 1 is 0.952 bits per heavy atom. The number of sulfonamides is 1. The van der Waals surface area contributed by atoms with E-state index in [9.17, 15) is 18.0 Å². The van der Waals surface area contributed by atoms with Gasteiger partial charge in [-0.1, -0.05) is 67.3 Å². The van der Waals surface area contributed by atoms with Crippen molar-refractivity contribution in [1.29, 1.82) is 0 Å². The summed E-state index contributed by atoms with van der Waals surface area (Å²) in [5.41, 5.74) is 2.81. The van der Waals surface area contributed by atoms with Crippen LogP contribution in [0.1, 0.15) is 55.7 Å². The summed E-state index contributed by atoms with van der Waals surface area (Å²) in [6.45, 7) is 5.04. The van der Waals surface area contributed by atoms with Gasteiger partial charge in [0.25, 0.3) is 10.0 Å². The summed E-state index contributed by atoms with van der Waals surface area (Å²) in [5, 5.41) is 3.13. The van der Waals surface area contributed by atoms with Gasteiger partial charge >= 0.3 is 0 Å². The van der Waals surface area contributed by atoms with Gasteiger partial charge < -0.3 is 15.0 Å². The lowest BCUT2D eigenvalue weighted by Crippen LogP contribution is -2.53. The van der Waals surface area contributed by atoms with Gasteiger partial charge in [0.1, 0.15) is 18.3 Å². The van der Waals surface area contributed by atoms with Crippen LogP contribution in [0.25, 0.3) is 0 Å². The van der Waals surface area contributed by atoms with Crippen molar-refractivity contribution in [2.75, 3.05) is 18.0 Å². The smallest absolute Gasteiger partial charge is 0.264 e. The fourth-order valence-electron chi connectivity index (χ4n) is 5.31. The molecule has 1 atom stereocenters. The molecule has 2 amide bonds. The number of nitrogens with zero attached hydrogens (tertiary/aromatic N) is 2. The molecule has 1 saturated carbocycles. The average molecular weight is 592 g/mol. The first-order valence-corrected chi connectivity index (χ1v) is 15.9. The second-order valence-electron chi connectivity index (χ2n) is 11.0. The zero-order valence-corrected chi connectivity index (χ0v) is 25.7.